The predicted octanol–water partition coefficient (Wildman–Crippen LogP) is 1.44. The van der Waals surface area contributed by atoms with E-state index >= 15 is 0 Å². The Hall–Kier alpha value is -2.90. The first kappa shape index (κ1) is 13.5. The minimum absolute atomic E-state index is 0.106. The number of benzene rings is 1. The van der Waals surface area contributed by atoms with E-state index in [9.17, 15) is 14.9 Å². The van der Waals surface area contributed by atoms with E-state index in [-0.39, 0.29) is 18.1 Å². The maximum absolute atomic E-state index is 11.8. The number of aromatic nitrogens is 2. The number of carbonyl (C=O) groups is 1. The molecule has 2 aromatic rings. The van der Waals surface area contributed by atoms with Crippen molar-refractivity contribution in [1.29, 1.82) is 0 Å². The molecule has 0 saturated heterocycles. The van der Waals surface area contributed by atoms with Crippen LogP contribution in [0.2, 0.25) is 0 Å². The van der Waals surface area contributed by atoms with E-state index in [0.717, 1.165) is 6.20 Å². The summed E-state index contributed by atoms with van der Waals surface area (Å²) in [6.07, 6.45) is 2.30. The number of nitro groups is 1. The number of nitrogens with one attached hydrogen (secondary N) is 1. The second-order valence-electron chi connectivity index (χ2n) is 3.93. The maximum Gasteiger partial charge on any atom is 0.307 e. The van der Waals surface area contributed by atoms with Gasteiger partial charge in [-0.3, -0.25) is 19.6 Å². The van der Waals surface area contributed by atoms with Gasteiger partial charge in [0.05, 0.1) is 12.0 Å². The number of anilines is 1. The summed E-state index contributed by atoms with van der Waals surface area (Å²) in [5.41, 5.74) is 0.426. The van der Waals surface area contributed by atoms with Crippen LogP contribution in [0.25, 0.3) is 0 Å². The van der Waals surface area contributed by atoms with E-state index in [1.54, 1.807) is 24.3 Å². The van der Waals surface area contributed by atoms with Gasteiger partial charge in [0.15, 0.2) is 0 Å². The maximum atomic E-state index is 11.8. The van der Waals surface area contributed by atoms with Gasteiger partial charge < -0.3 is 10.1 Å². The minimum atomic E-state index is -0.566. The van der Waals surface area contributed by atoms with E-state index in [1.807, 2.05) is 0 Å². The Balaban J connectivity index is 1.99. The molecule has 1 amide bonds. The first-order valence-electron chi connectivity index (χ1n) is 5.69. The van der Waals surface area contributed by atoms with Gasteiger partial charge in [-0.15, -0.1) is 0 Å². The molecule has 104 valence electrons. The van der Waals surface area contributed by atoms with E-state index < -0.39 is 4.92 Å². The summed E-state index contributed by atoms with van der Waals surface area (Å²) in [4.78, 5) is 21.7. The van der Waals surface area contributed by atoms with Crippen LogP contribution in [0.1, 0.15) is 0 Å². The average molecular weight is 276 g/mol. The van der Waals surface area contributed by atoms with Crippen molar-refractivity contribution in [3.05, 3.63) is 46.8 Å². The molecule has 0 bridgehead atoms. The zero-order valence-corrected chi connectivity index (χ0v) is 10.6. The Morgan fingerprint density at radius 3 is 3.00 bits per heavy atom. The Morgan fingerprint density at radius 1 is 1.55 bits per heavy atom. The van der Waals surface area contributed by atoms with Gasteiger partial charge in [-0.25, -0.2) is 0 Å². The summed E-state index contributed by atoms with van der Waals surface area (Å²) >= 11 is 0. The molecule has 0 aliphatic rings. The van der Waals surface area contributed by atoms with E-state index in [1.165, 1.54) is 18.0 Å². The molecule has 0 saturated carbocycles. The third kappa shape index (κ3) is 3.31. The Labute approximate surface area is 114 Å². The van der Waals surface area contributed by atoms with Crippen molar-refractivity contribution in [1.82, 2.24) is 9.78 Å². The van der Waals surface area contributed by atoms with Gasteiger partial charge >= 0.3 is 5.69 Å². The molecule has 0 unspecified atom stereocenters. The average Bonchev–Trinajstić information content (AvgIpc) is 2.87. The molecule has 8 heteroatoms. The molecule has 0 aliphatic carbocycles. The normalized spacial score (nSPS) is 10.1. The van der Waals surface area contributed by atoms with Crippen LogP contribution in [-0.4, -0.2) is 27.7 Å². The van der Waals surface area contributed by atoms with Gasteiger partial charge in [0, 0.05) is 11.8 Å². The molecule has 0 radical (unpaired) electrons. The number of hydrogen-bond donors (Lipinski definition) is 1. The molecule has 20 heavy (non-hydrogen) atoms. The topological polar surface area (TPSA) is 99.3 Å². The van der Waals surface area contributed by atoms with Crippen molar-refractivity contribution in [3.63, 3.8) is 0 Å². The number of ether oxygens (including phenoxy) is 1. The van der Waals surface area contributed by atoms with Crippen molar-refractivity contribution < 1.29 is 14.5 Å². The fourth-order valence-corrected chi connectivity index (χ4v) is 1.58. The van der Waals surface area contributed by atoms with Crippen LogP contribution in [0.15, 0.2) is 36.7 Å². The molecule has 0 atom stereocenters. The molecule has 0 spiro atoms. The second-order valence-corrected chi connectivity index (χ2v) is 3.93. The van der Waals surface area contributed by atoms with Gasteiger partial charge in [0.1, 0.15) is 24.7 Å². The predicted molar refractivity (Wildman–Crippen MR) is 70.5 cm³/mol. The lowest BCUT2D eigenvalue weighted by Crippen LogP contribution is -2.18. The largest absolute Gasteiger partial charge is 0.497 e. The lowest BCUT2D eigenvalue weighted by Gasteiger charge is -2.06. The first-order chi connectivity index (χ1) is 9.58. The Morgan fingerprint density at radius 2 is 2.35 bits per heavy atom. The fraction of sp³-hybridized carbons (Fsp3) is 0.167. The van der Waals surface area contributed by atoms with Gasteiger partial charge in [-0.2, -0.15) is 5.10 Å². The first-order valence-corrected chi connectivity index (χ1v) is 5.69. The van der Waals surface area contributed by atoms with Gasteiger partial charge in [-0.1, -0.05) is 6.07 Å². The summed E-state index contributed by atoms with van der Waals surface area (Å²) < 4.78 is 6.24. The van der Waals surface area contributed by atoms with Gasteiger partial charge in [0.2, 0.25) is 5.91 Å². The molecule has 1 aromatic carbocycles. The van der Waals surface area contributed by atoms with E-state index in [0.29, 0.717) is 11.4 Å². The lowest BCUT2D eigenvalue weighted by atomic mass is 10.3. The van der Waals surface area contributed by atoms with Crippen molar-refractivity contribution in [2.45, 2.75) is 6.54 Å². The summed E-state index contributed by atoms with van der Waals surface area (Å²) in [7, 11) is 1.53. The smallest absolute Gasteiger partial charge is 0.307 e. The zero-order valence-electron chi connectivity index (χ0n) is 10.6. The van der Waals surface area contributed by atoms with Crippen LogP contribution in [-0.2, 0) is 11.3 Å². The van der Waals surface area contributed by atoms with Gasteiger partial charge in [-0.05, 0) is 12.1 Å². The summed E-state index contributed by atoms with van der Waals surface area (Å²) in [6.45, 7) is -0.106. The van der Waals surface area contributed by atoms with Crippen LogP contribution < -0.4 is 10.1 Å². The monoisotopic (exact) mass is 276 g/mol. The summed E-state index contributed by atoms with van der Waals surface area (Å²) in [5.74, 6) is 0.286. The second kappa shape index (κ2) is 5.83. The van der Waals surface area contributed by atoms with E-state index in [2.05, 4.69) is 10.4 Å². The standard InChI is InChI=1S/C12H12N4O4/c1-20-11-4-2-3-9(5-11)14-12(17)8-15-7-10(6-13-15)16(18)19/h2-7H,8H2,1H3,(H,14,17). The summed E-state index contributed by atoms with van der Waals surface area (Å²) in [6, 6.07) is 6.88. The van der Waals surface area contributed by atoms with Crippen LogP contribution in [0.5, 0.6) is 5.75 Å². The number of methoxy groups -OCH3 is 1. The molecule has 2 rings (SSSR count). The highest BCUT2D eigenvalue weighted by Gasteiger charge is 2.11. The summed E-state index contributed by atoms with van der Waals surface area (Å²) in [5, 5.41) is 16.9. The number of rotatable bonds is 5. The Bertz CT molecular complexity index is 638. The third-order valence-corrected chi connectivity index (χ3v) is 2.49. The van der Waals surface area contributed by atoms with Gasteiger partial charge in [0.25, 0.3) is 0 Å². The highest BCUT2D eigenvalue weighted by atomic mass is 16.6. The molecule has 0 fully saturated rings. The van der Waals surface area contributed by atoms with Crippen molar-refractivity contribution in [2.24, 2.45) is 0 Å². The van der Waals surface area contributed by atoms with Crippen LogP contribution >= 0.6 is 0 Å². The molecular weight excluding hydrogens is 264 g/mol. The van der Waals surface area contributed by atoms with Crippen molar-refractivity contribution in [2.75, 3.05) is 12.4 Å². The van der Waals surface area contributed by atoms with E-state index in [4.69, 9.17) is 4.74 Å². The number of amides is 1. The van der Waals surface area contributed by atoms with Crippen LogP contribution in [0.3, 0.4) is 0 Å². The number of carbonyl (C=O) groups excluding carboxylic acids is 1. The molecule has 8 nitrogen and oxygen atoms in total. The highest BCUT2D eigenvalue weighted by molar-refractivity contribution is 5.90. The minimum Gasteiger partial charge on any atom is -0.497 e. The number of hydrogen-bond acceptors (Lipinski definition) is 5. The van der Waals surface area contributed by atoms with Crippen LogP contribution in [0.4, 0.5) is 11.4 Å². The Kier molecular flexibility index (Phi) is 3.94. The van der Waals surface area contributed by atoms with Crippen molar-refractivity contribution >= 4 is 17.3 Å². The zero-order chi connectivity index (χ0) is 14.5. The SMILES string of the molecule is COc1cccc(NC(=O)Cn2cc([N+](=O)[O-])cn2)c1. The molecule has 1 aromatic heterocycles. The molecular formula is C12H12N4O4. The number of nitrogens with zero attached hydrogens (tertiary/aromatic N) is 3. The lowest BCUT2D eigenvalue weighted by molar-refractivity contribution is -0.385. The molecule has 1 heterocycles. The fourth-order valence-electron chi connectivity index (χ4n) is 1.58. The highest BCUT2D eigenvalue weighted by Crippen LogP contribution is 2.16. The molecule has 0 aliphatic heterocycles. The van der Waals surface area contributed by atoms with Crippen molar-refractivity contribution in [3.8, 4) is 5.75 Å². The molecule has 1 N–H and O–H groups in total. The quantitative estimate of drug-likeness (QED) is 0.658. The van der Waals surface area contributed by atoms with Crippen LogP contribution in [0, 0.1) is 10.1 Å². The third-order valence-electron chi connectivity index (χ3n) is 2.49.